The van der Waals surface area contributed by atoms with Gasteiger partial charge < -0.3 is 15.7 Å². The van der Waals surface area contributed by atoms with Crippen molar-refractivity contribution in [2.24, 2.45) is 5.92 Å². The average molecular weight is 268 g/mol. The number of carbonyl (C=O) groups excluding carboxylic acids is 1. The molecule has 0 aromatic rings. The van der Waals surface area contributed by atoms with E-state index in [1.807, 2.05) is 5.32 Å². The average Bonchev–Trinajstić information content (AvgIpc) is 2.67. The number of nitrogens with one attached hydrogen (secondary N) is 2. The molecule has 3 N–H and O–H groups in total. The predicted molar refractivity (Wildman–Crippen MR) is 59.9 cm³/mol. The van der Waals surface area contributed by atoms with E-state index in [4.69, 9.17) is 0 Å². The van der Waals surface area contributed by atoms with Crippen molar-refractivity contribution in [3.8, 4) is 0 Å². The van der Waals surface area contributed by atoms with Gasteiger partial charge in [-0.3, -0.25) is 4.79 Å². The number of hydrogen-bond donors (Lipinski definition) is 3. The van der Waals surface area contributed by atoms with Gasteiger partial charge in [-0.2, -0.15) is 13.2 Å². The first-order valence-electron chi connectivity index (χ1n) is 6.04. The van der Waals surface area contributed by atoms with E-state index in [2.05, 4.69) is 5.32 Å². The molecule has 18 heavy (non-hydrogen) atoms. The highest BCUT2D eigenvalue weighted by atomic mass is 19.4. The number of rotatable bonds is 5. The molecule has 0 aromatic carbocycles. The number of halogens is 3. The van der Waals surface area contributed by atoms with Gasteiger partial charge in [0.1, 0.15) is 6.54 Å². The van der Waals surface area contributed by atoms with Crippen molar-refractivity contribution in [1.82, 2.24) is 10.6 Å². The van der Waals surface area contributed by atoms with E-state index in [0.717, 1.165) is 12.8 Å². The predicted octanol–water partition coefficient (Wildman–Crippen LogP) is 0.804. The molecule has 1 fully saturated rings. The lowest BCUT2D eigenvalue weighted by atomic mass is 10.1. The second-order valence-electron chi connectivity index (χ2n) is 4.80. The Bertz CT molecular complexity index is 284. The summed E-state index contributed by atoms with van der Waals surface area (Å²) in [5.74, 6) is -0.372. The van der Waals surface area contributed by atoms with Gasteiger partial charge >= 0.3 is 6.18 Å². The van der Waals surface area contributed by atoms with Gasteiger partial charge in [0.2, 0.25) is 5.91 Å². The fourth-order valence-corrected chi connectivity index (χ4v) is 2.01. The molecule has 0 bridgehead atoms. The van der Waals surface area contributed by atoms with Crippen LogP contribution in [0.25, 0.3) is 0 Å². The summed E-state index contributed by atoms with van der Waals surface area (Å²) in [6.07, 6.45) is -2.35. The molecule has 0 aliphatic heterocycles. The molecule has 1 rings (SSSR count). The van der Waals surface area contributed by atoms with Gasteiger partial charge in [-0.05, 0) is 38.6 Å². The van der Waals surface area contributed by atoms with Crippen LogP contribution in [-0.2, 0) is 4.79 Å². The molecular formula is C11H19F3N2O2. The van der Waals surface area contributed by atoms with Gasteiger partial charge in [0.15, 0.2) is 0 Å². The van der Waals surface area contributed by atoms with Gasteiger partial charge in [0, 0.05) is 0 Å². The Labute approximate surface area is 104 Å². The molecule has 7 heteroatoms. The molecule has 0 heterocycles. The van der Waals surface area contributed by atoms with E-state index in [-0.39, 0.29) is 12.0 Å². The van der Waals surface area contributed by atoms with Crippen LogP contribution in [0, 0.1) is 5.92 Å². The van der Waals surface area contributed by atoms with Crippen molar-refractivity contribution in [3.63, 3.8) is 0 Å². The number of amides is 1. The number of carbonyl (C=O) groups is 1. The highest BCUT2D eigenvalue weighted by Gasteiger charge is 2.29. The molecule has 1 amide bonds. The van der Waals surface area contributed by atoms with Gasteiger partial charge in [-0.15, -0.1) is 0 Å². The molecule has 0 saturated heterocycles. The van der Waals surface area contributed by atoms with E-state index in [0.29, 0.717) is 13.0 Å². The Kier molecular flexibility index (Phi) is 5.40. The lowest BCUT2D eigenvalue weighted by molar-refractivity contribution is -0.139. The maximum Gasteiger partial charge on any atom is 0.405 e. The Morgan fingerprint density at radius 3 is 2.61 bits per heavy atom. The topological polar surface area (TPSA) is 61.4 Å². The van der Waals surface area contributed by atoms with Crippen molar-refractivity contribution < 1.29 is 23.1 Å². The van der Waals surface area contributed by atoms with Crippen LogP contribution < -0.4 is 10.6 Å². The van der Waals surface area contributed by atoms with E-state index < -0.39 is 24.7 Å². The third-order valence-electron chi connectivity index (χ3n) is 3.08. The highest BCUT2D eigenvalue weighted by molar-refractivity contribution is 5.81. The summed E-state index contributed by atoms with van der Waals surface area (Å²) < 4.78 is 35.7. The summed E-state index contributed by atoms with van der Waals surface area (Å²) in [5.41, 5.74) is 0. The van der Waals surface area contributed by atoms with E-state index in [1.165, 1.54) is 6.92 Å². The van der Waals surface area contributed by atoms with Crippen LogP contribution in [0.5, 0.6) is 0 Å². The lowest BCUT2D eigenvalue weighted by Gasteiger charge is -2.17. The lowest BCUT2D eigenvalue weighted by Crippen LogP contribution is -2.46. The normalized spacial score (nSPS) is 26.1. The summed E-state index contributed by atoms with van der Waals surface area (Å²) >= 11 is 0. The minimum absolute atomic E-state index is 0.286. The maximum atomic E-state index is 11.9. The SMILES string of the molecule is CC(NCC1CCC(O)C1)C(=O)NCC(F)(F)F. The second-order valence-corrected chi connectivity index (χ2v) is 4.80. The van der Waals surface area contributed by atoms with Crippen molar-refractivity contribution >= 4 is 5.91 Å². The fourth-order valence-electron chi connectivity index (χ4n) is 2.01. The van der Waals surface area contributed by atoms with Crippen molar-refractivity contribution in [2.75, 3.05) is 13.1 Å². The van der Waals surface area contributed by atoms with Crippen molar-refractivity contribution in [3.05, 3.63) is 0 Å². The van der Waals surface area contributed by atoms with Crippen LogP contribution in [-0.4, -0.2) is 42.4 Å². The van der Waals surface area contributed by atoms with Crippen LogP contribution in [0.3, 0.4) is 0 Å². The summed E-state index contributed by atoms with van der Waals surface area (Å²) in [7, 11) is 0. The molecule has 4 nitrogen and oxygen atoms in total. The summed E-state index contributed by atoms with van der Waals surface area (Å²) in [6.45, 7) is 0.759. The molecule has 0 spiro atoms. The van der Waals surface area contributed by atoms with Crippen LogP contribution in [0.4, 0.5) is 13.2 Å². The number of aliphatic hydroxyl groups is 1. The first kappa shape index (κ1) is 15.2. The first-order chi connectivity index (χ1) is 8.28. The van der Waals surface area contributed by atoms with Gasteiger partial charge in [-0.25, -0.2) is 0 Å². The number of aliphatic hydroxyl groups excluding tert-OH is 1. The number of hydrogen-bond acceptors (Lipinski definition) is 3. The highest BCUT2D eigenvalue weighted by Crippen LogP contribution is 2.24. The van der Waals surface area contributed by atoms with Gasteiger partial charge in [0.05, 0.1) is 12.1 Å². The first-order valence-corrected chi connectivity index (χ1v) is 6.04. The summed E-state index contributed by atoms with van der Waals surface area (Å²) in [5, 5.41) is 14.0. The fraction of sp³-hybridized carbons (Fsp3) is 0.909. The maximum absolute atomic E-state index is 11.9. The third kappa shape index (κ3) is 5.68. The minimum Gasteiger partial charge on any atom is -0.393 e. The Hall–Kier alpha value is -0.820. The van der Waals surface area contributed by atoms with Crippen LogP contribution in [0.15, 0.2) is 0 Å². The number of alkyl halides is 3. The van der Waals surface area contributed by atoms with Crippen LogP contribution in [0.1, 0.15) is 26.2 Å². The molecule has 1 aliphatic carbocycles. The van der Waals surface area contributed by atoms with Crippen molar-refractivity contribution in [2.45, 2.75) is 44.5 Å². The van der Waals surface area contributed by atoms with Gasteiger partial charge in [0.25, 0.3) is 0 Å². The molecule has 1 aliphatic rings. The van der Waals surface area contributed by atoms with E-state index in [1.54, 1.807) is 0 Å². The zero-order chi connectivity index (χ0) is 13.8. The molecule has 106 valence electrons. The zero-order valence-corrected chi connectivity index (χ0v) is 10.3. The summed E-state index contributed by atoms with van der Waals surface area (Å²) in [4.78, 5) is 11.3. The monoisotopic (exact) mass is 268 g/mol. The van der Waals surface area contributed by atoms with Crippen molar-refractivity contribution in [1.29, 1.82) is 0 Å². The molecule has 0 aromatic heterocycles. The second kappa shape index (κ2) is 6.38. The Morgan fingerprint density at radius 2 is 2.11 bits per heavy atom. The van der Waals surface area contributed by atoms with Crippen LogP contribution in [0.2, 0.25) is 0 Å². The standard InChI is InChI=1S/C11H19F3N2O2/c1-7(10(18)16-6-11(12,13)14)15-5-8-2-3-9(17)4-8/h7-9,15,17H,2-6H2,1H3,(H,16,18). The smallest absolute Gasteiger partial charge is 0.393 e. The van der Waals surface area contributed by atoms with Crippen LogP contribution >= 0.6 is 0 Å². The summed E-state index contributed by atoms with van der Waals surface area (Å²) in [6, 6.07) is -0.662. The quantitative estimate of drug-likeness (QED) is 0.691. The Balaban J connectivity index is 2.19. The largest absolute Gasteiger partial charge is 0.405 e. The minimum atomic E-state index is -4.38. The third-order valence-corrected chi connectivity index (χ3v) is 3.08. The molecule has 1 saturated carbocycles. The zero-order valence-electron chi connectivity index (χ0n) is 10.3. The van der Waals surface area contributed by atoms with E-state index in [9.17, 15) is 23.1 Å². The molecule has 3 atom stereocenters. The Morgan fingerprint density at radius 1 is 1.44 bits per heavy atom. The van der Waals surface area contributed by atoms with E-state index >= 15 is 0 Å². The molecule has 3 unspecified atom stereocenters. The molecular weight excluding hydrogens is 249 g/mol. The van der Waals surface area contributed by atoms with Gasteiger partial charge in [-0.1, -0.05) is 0 Å². The molecule has 0 radical (unpaired) electrons.